The molecule has 8 nitrogen and oxygen atoms in total. The number of rotatable bonds is 8. The number of nitrogens with zero attached hydrogens (tertiary/aromatic N) is 5. The fourth-order valence-electron chi connectivity index (χ4n) is 4.74. The minimum absolute atomic E-state index is 0.191. The fraction of sp³-hybridized carbons (Fsp3) is 0.519. The van der Waals surface area contributed by atoms with Crippen molar-refractivity contribution in [3.63, 3.8) is 0 Å². The van der Waals surface area contributed by atoms with Crippen LogP contribution >= 0.6 is 0 Å². The molecule has 4 rings (SSSR count). The third-order valence-electron chi connectivity index (χ3n) is 6.62. The molecule has 0 aliphatic carbocycles. The third kappa shape index (κ3) is 5.12. The van der Waals surface area contributed by atoms with Gasteiger partial charge in [-0.3, -0.25) is 0 Å². The molecule has 35 heavy (non-hydrogen) atoms. The molecule has 0 amide bonds. The van der Waals surface area contributed by atoms with Crippen molar-refractivity contribution in [1.29, 1.82) is 0 Å². The zero-order chi connectivity index (χ0) is 25.1. The van der Waals surface area contributed by atoms with Crippen LogP contribution in [-0.4, -0.2) is 68.2 Å². The first kappa shape index (κ1) is 25.0. The maximum Gasteiger partial charge on any atom is 0.357 e. The Labute approximate surface area is 207 Å². The highest BCUT2D eigenvalue weighted by atomic mass is 16.5. The number of methoxy groups -OCH3 is 1. The lowest BCUT2D eigenvalue weighted by Gasteiger charge is -2.34. The van der Waals surface area contributed by atoms with E-state index in [0.29, 0.717) is 23.9 Å². The normalized spacial score (nSPS) is 14.7. The zero-order valence-corrected chi connectivity index (χ0v) is 21.7. The monoisotopic (exact) mass is 479 g/mol. The lowest BCUT2D eigenvalue weighted by molar-refractivity contribution is 0.0520. The van der Waals surface area contributed by atoms with Crippen LogP contribution in [0.4, 0.5) is 11.4 Å². The average Bonchev–Trinajstić information content (AvgIpc) is 3.24. The second kappa shape index (κ2) is 10.6. The van der Waals surface area contributed by atoms with E-state index in [-0.39, 0.29) is 5.92 Å². The van der Waals surface area contributed by atoms with Crippen LogP contribution in [0.5, 0.6) is 0 Å². The van der Waals surface area contributed by atoms with E-state index in [4.69, 9.17) is 19.6 Å². The standard InChI is InChI=1S/C27H37N5O3/c1-7-35-27(33)22-16-23(31-13-11-19(12-14-31)17-34-6)24-25(18(2)3)29-32(26(24)28-22)21-10-8-9-20(15-21)30(4)5/h8-10,15-16,18-19H,7,11-14,17H2,1-6H3. The molecule has 1 aromatic carbocycles. The first-order valence-corrected chi connectivity index (χ1v) is 12.5. The van der Waals surface area contributed by atoms with Crippen molar-refractivity contribution in [1.82, 2.24) is 14.8 Å². The van der Waals surface area contributed by atoms with Crippen molar-refractivity contribution in [2.75, 3.05) is 57.3 Å². The zero-order valence-electron chi connectivity index (χ0n) is 21.7. The average molecular weight is 480 g/mol. The molecule has 0 N–H and O–H groups in total. The first-order valence-electron chi connectivity index (χ1n) is 12.5. The number of piperidine rings is 1. The van der Waals surface area contributed by atoms with Crippen LogP contribution in [-0.2, 0) is 9.47 Å². The lowest BCUT2D eigenvalue weighted by Crippen LogP contribution is -2.35. The number of esters is 1. The minimum Gasteiger partial charge on any atom is -0.461 e. The predicted octanol–water partition coefficient (Wildman–Crippen LogP) is 4.65. The van der Waals surface area contributed by atoms with E-state index >= 15 is 0 Å². The first-order chi connectivity index (χ1) is 16.8. The molecular weight excluding hydrogens is 442 g/mol. The van der Waals surface area contributed by atoms with Crippen LogP contribution in [0.15, 0.2) is 30.3 Å². The molecule has 0 spiro atoms. The summed E-state index contributed by atoms with van der Waals surface area (Å²) in [5.41, 5.74) is 4.96. The minimum atomic E-state index is -0.411. The van der Waals surface area contributed by atoms with E-state index in [9.17, 15) is 4.79 Å². The van der Waals surface area contributed by atoms with Crippen molar-refractivity contribution in [2.24, 2.45) is 5.92 Å². The SMILES string of the molecule is CCOC(=O)c1cc(N2CCC(COC)CC2)c2c(C(C)C)nn(-c3cccc(N(C)C)c3)c2n1. The van der Waals surface area contributed by atoms with Crippen LogP contribution in [0.25, 0.3) is 16.7 Å². The molecule has 0 saturated carbocycles. The largest absolute Gasteiger partial charge is 0.461 e. The summed E-state index contributed by atoms with van der Waals surface area (Å²) in [6, 6.07) is 10.1. The quantitative estimate of drug-likeness (QED) is 0.436. The van der Waals surface area contributed by atoms with Crippen LogP contribution in [0.3, 0.4) is 0 Å². The van der Waals surface area contributed by atoms with Crippen LogP contribution in [0.1, 0.15) is 55.7 Å². The number of carbonyl (C=O) groups is 1. The number of hydrogen-bond acceptors (Lipinski definition) is 7. The molecule has 8 heteroatoms. The van der Waals surface area contributed by atoms with Crippen molar-refractivity contribution >= 4 is 28.4 Å². The molecule has 188 valence electrons. The Bertz CT molecular complexity index is 1180. The molecule has 1 saturated heterocycles. The van der Waals surface area contributed by atoms with Gasteiger partial charge in [0.05, 0.1) is 29.1 Å². The molecule has 2 aromatic heterocycles. The van der Waals surface area contributed by atoms with Gasteiger partial charge in [-0.25, -0.2) is 14.5 Å². The number of pyridine rings is 1. The highest BCUT2D eigenvalue weighted by molar-refractivity contribution is 5.99. The number of aromatic nitrogens is 3. The second-order valence-electron chi connectivity index (χ2n) is 9.70. The Morgan fingerprint density at radius 3 is 2.57 bits per heavy atom. The maximum absolute atomic E-state index is 12.8. The fourth-order valence-corrected chi connectivity index (χ4v) is 4.74. The topological polar surface area (TPSA) is 72.7 Å². The Hall–Kier alpha value is -3.13. The number of hydrogen-bond donors (Lipinski definition) is 0. The Morgan fingerprint density at radius 2 is 1.94 bits per heavy atom. The van der Waals surface area contributed by atoms with E-state index in [1.807, 2.05) is 43.9 Å². The number of anilines is 2. The van der Waals surface area contributed by atoms with Gasteiger partial charge >= 0.3 is 5.97 Å². The lowest BCUT2D eigenvalue weighted by atomic mass is 9.96. The Morgan fingerprint density at radius 1 is 1.20 bits per heavy atom. The third-order valence-corrected chi connectivity index (χ3v) is 6.62. The van der Waals surface area contributed by atoms with Gasteiger partial charge in [-0.2, -0.15) is 5.10 Å². The summed E-state index contributed by atoms with van der Waals surface area (Å²) in [7, 11) is 5.80. The molecule has 0 bridgehead atoms. The molecule has 0 atom stereocenters. The predicted molar refractivity (Wildman–Crippen MR) is 140 cm³/mol. The Kier molecular flexibility index (Phi) is 7.60. The number of benzene rings is 1. The summed E-state index contributed by atoms with van der Waals surface area (Å²) in [4.78, 5) is 22.1. The maximum atomic E-state index is 12.8. The molecular formula is C27H37N5O3. The van der Waals surface area contributed by atoms with Crippen LogP contribution < -0.4 is 9.80 Å². The summed E-state index contributed by atoms with van der Waals surface area (Å²) >= 11 is 0. The van der Waals surface area contributed by atoms with Crippen molar-refractivity contribution in [3.8, 4) is 5.69 Å². The Balaban J connectivity index is 1.91. The number of fused-ring (bicyclic) bond motifs is 1. The molecule has 3 aromatic rings. The van der Waals surface area contributed by atoms with E-state index in [1.165, 1.54) is 0 Å². The van der Waals surface area contributed by atoms with E-state index in [2.05, 4.69) is 35.8 Å². The molecule has 0 radical (unpaired) electrons. The van der Waals surface area contributed by atoms with Crippen molar-refractivity contribution in [2.45, 2.75) is 39.5 Å². The van der Waals surface area contributed by atoms with Gasteiger partial charge in [-0.05, 0) is 55.9 Å². The van der Waals surface area contributed by atoms with Crippen molar-refractivity contribution < 1.29 is 14.3 Å². The van der Waals surface area contributed by atoms with Gasteiger partial charge in [0, 0.05) is 46.6 Å². The van der Waals surface area contributed by atoms with Gasteiger partial charge in [0.15, 0.2) is 11.3 Å². The number of ether oxygens (including phenoxy) is 2. The van der Waals surface area contributed by atoms with Gasteiger partial charge in [-0.15, -0.1) is 0 Å². The van der Waals surface area contributed by atoms with Crippen LogP contribution in [0, 0.1) is 5.92 Å². The van der Waals surface area contributed by atoms with Gasteiger partial charge in [0.2, 0.25) is 0 Å². The molecule has 0 unspecified atom stereocenters. The van der Waals surface area contributed by atoms with E-state index in [1.54, 1.807) is 7.11 Å². The molecule has 3 heterocycles. The second-order valence-corrected chi connectivity index (χ2v) is 9.70. The summed E-state index contributed by atoms with van der Waals surface area (Å²) in [6.45, 7) is 8.99. The summed E-state index contributed by atoms with van der Waals surface area (Å²) in [5.74, 6) is 0.334. The van der Waals surface area contributed by atoms with Crippen LogP contribution in [0.2, 0.25) is 0 Å². The summed E-state index contributed by atoms with van der Waals surface area (Å²) in [6.07, 6.45) is 2.09. The summed E-state index contributed by atoms with van der Waals surface area (Å²) < 4.78 is 12.6. The van der Waals surface area contributed by atoms with E-state index < -0.39 is 5.97 Å². The van der Waals surface area contributed by atoms with E-state index in [0.717, 1.165) is 60.7 Å². The highest BCUT2D eigenvalue weighted by Crippen LogP contribution is 2.37. The highest BCUT2D eigenvalue weighted by Gasteiger charge is 2.27. The van der Waals surface area contributed by atoms with Gasteiger partial charge in [0.25, 0.3) is 0 Å². The van der Waals surface area contributed by atoms with Gasteiger partial charge < -0.3 is 19.3 Å². The molecule has 1 fully saturated rings. The number of carbonyl (C=O) groups excluding carboxylic acids is 1. The summed E-state index contributed by atoms with van der Waals surface area (Å²) in [5, 5.41) is 6.05. The molecule has 1 aliphatic heterocycles. The smallest absolute Gasteiger partial charge is 0.357 e. The van der Waals surface area contributed by atoms with Gasteiger partial charge in [0.1, 0.15) is 0 Å². The van der Waals surface area contributed by atoms with Gasteiger partial charge in [-0.1, -0.05) is 19.9 Å². The molecule has 1 aliphatic rings. The van der Waals surface area contributed by atoms with Crippen molar-refractivity contribution in [3.05, 3.63) is 41.7 Å².